The number of hydrazine groups is 1. The Bertz CT molecular complexity index is 1010. The van der Waals surface area contributed by atoms with Crippen molar-refractivity contribution in [3.05, 3.63) is 78.4 Å². The van der Waals surface area contributed by atoms with Crippen LogP contribution in [0.1, 0.15) is 25.3 Å². The van der Waals surface area contributed by atoms with E-state index >= 15 is 0 Å². The standard InChI is InChI=1S/C23H22N2O3/c1-16(28-20-12-11-17-7-5-6-8-18(17)15-20)21(26)24-25-22(27)23(13-14-23)19-9-3-2-4-10-19/h2-12,15-16H,13-14H2,1H3,(H,24,26)(H,25,27). The van der Waals surface area contributed by atoms with Crippen molar-refractivity contribution in [1.29, 1.82) is 0 Å². The molecule has 0 saturated heterocycles. The summed E-state index contributed by atoms with van der Waals surface area (Å²) < 4.78 is 5.74. The molecule has 1 unspecified atom stereocenters. The Morgan fingerprint density at radius 2 is 1.57 bits per heavy atom. The monoisotopic (exact) mass is 374 g/mol. The summed E-state index contributed by atoms with van der Waals surface area (Å²) in [5, 5.41) is 2.15. The minimum atomic E-state index is -0.742. The maximum atomic E-state index is 12.6. The van der Waals surface area contributed by atoms with E-state index in [1.165, 1.54) is 0 Å². The van der Waals surface area contributed by atoms with E-state index in [1.807, 2.05) is 72.8 Å². The van der Waals surface area contributed by atoms with Crippen molar-refractivity contribution in [3.63, 3.8) is 0 Å². The molecule has 0 heterocycles. The van der Waals surface area contributed by atoms with Gasteiger partial charge in [-0.1, -0.05) is 60.7 Å². The van der Waals surface area contributed by atoms with Gasteiger partial charge in [0.05, 0.1) is 5.41 Å². The van der Waals surface area contributed by atoms with E-state index in [1.54, 1.807) is 6.92 Å². The number of nitrogens with one attached hydrogen (secondary N) is 2. The topological polar surface area (TPSA) is 67.4 Å². The first-order valence-corrected chi connectivity index (χ1v) is 9.40. The van der Waals surface area contributed by atoms with Crippen LogP contribution in [0.25, 0.3) is 10.8 Å². The molecule has 142 valence electrons. The predicted molar refractivity (Wildman–Crippen MR) is 108 cm³/mol. The SMILES string of the molecule is CC(Oc1ccc2ccccc2c1)C(=O)NNC(=O)C1(c2ccccc2)CC1. The average Bonchev–Trinajstić information content (AvgIpc) is 3.54. The zero-order valence-corrected chi connectivity index (χ0v) is 15.6. The Morgan fingerprint density at radius 1 is 0.893 bits per heavy atom. The summed E-state index contributed by atoms with van der Waals surface area (Å²) in [6.07, 6.45) is 0.817. The number of benzene rings is 3. The molecule has 5 nitrogen and oxygen atoms in total. The second-order valence-corrected chi connectivity index (χ2v) is 7.16. The molecule has 2 N–H and O–H groups in total. The summed E-state index contributed by atoms with van der Waals surface area (Å²) in [6, 6.07) is 23.3. The van der Waals surface area contributed by atoms with Gasteiger partial charge < -0.3 is 4.74 Å². The van der Waals surface area contributed by atoms with Crippen LogP contribution in [0, 0.1) is 0 Å². The van der Waals surface area contributed by atoms with Crippen molar-refractivity contribution >= 4 is 22.6 Å². The number of ether oxygens (including phenoxy) is 1. The van der Waals surface area contributed by atoms with Crippen molar-refractivity contribution in [1.82, 2.24) is 10.9 Å². The molecule has 1 aliphatic carbocycles. The molecule has 0 spiro atoms. The lowest BCUT2D eigenvalue weighted by Crippen LogP contribution is -2.50. The number of fused-ring (bicyclic) bond motifs is 1. The molecule has 1 atom stereocenters. The van der Waals surface area contributed by atoms with Crippen LogP contribution in [-0.2, 0) is 15.0 Å². The van der Waals surface area contributed by atoms with Gasteiger partial charge in [-0.25, -0.2) is 0 Å². The van der Waals surface area contributed by atoms with E-state index < -0.39 is 17.4 Å². The molecule has 0 radical (unpaired) electrons. The summed E-state index contributed by atoms with van der Waals surface area (Å²) in [7, 11) is 0. The van der Waals surface area contributed by atoms with Crippen LogP contribution in [-0.4, -0.2) is 17.9 Å². The quantitative estimate of drug-likeness (QED) is 0.672. The van der Waals surface area contributed by atoms with Gasteiger partial charge in [-0.05, 0) is 48.2 Å². The molecular formula is C23H22N2O3. The van der Waals surface area contributed by atoms with E-state index in [2.05, 4.69) is 10.9 Å². The van der Waals surface area contributed by atoms with E-state index in [0.29, 0.717) is 5.75 Å². The number of amides is 2. The summed E-state index contributed by atoms with van der Waals surface area (Å²) in [5.41, 5.74) is 5.50. The molecule has 3 aromatic carbocycles. The fourth-order valence-electron chi connectivity index (χ4n) is 3.37. The highest BCUT2D eigenvalue weighted by Crippen LogP contribution is 2.48. The molecule has 1 aliphatic rings. The number of hydrogen-bond donors (Lipinski definition) is 2. The van der Waals surface area contributed by atoms with Gasteiger partial charge in [0.15, 0.2) is 6.10 Å². The summed E-state index contributed by atoms with van der Waals surface area (Å²) >= 11 is 0. The van der Waals surface area contributed by atoms with Crippen molar-refractivity contribution in [3.8, 4) is 5.75 Å². The Labute approximate surface area is 163 Å². The van der Waals surface area contributed by atoms with Gasteiger partial charge in [0.2, 0.25) is 5.91 Å². The Balaban J connectivity index is 1.35. The summed E-state index contributed by atoms with van der Waals surface area (Å²) in [6.45, 7) is 1.65. The summed E-state index contributed by atoms with van der Waals surface area (Å²) in [5.74, 6) is 0.0194. The number of carbonyl (C=O) groups is 2. The molecule has 0 aliphatic heterocycles. The first-order chi connectivity index (χ1) is 13.6. The van der Waals surface area contributed by atoms with Gasteiger partial charge >= 0.3 is 0 Å². The molecule has 28 heavy (non-hydrogen) atoms. The molecule has 1 saturated carbocycles. The third-order valence-corrected chi connectivity index (χ3v) is 5.21. The Morgan fingerprint density at radius 3 is 2.29 bits per heavy atom. The van der Waals surface area contributed by atoms with E-state index in [0.717, 1.165) is 29.2 Å². The highest BCUT2D eigenvalue weighted by molar-refractivity contribution is 5.93. The van der Waals surface area contributed by atoms with Crippen LogP contribution in [0.3, 0.4) is 0 Å². The lowest BCUT2D eigenvalue weighted by molar-refractivity contribution is -0.133. The van der Waals surface area contributed by atoms with Gasteiger partial charge in [0, 0.05) is 0 Å². The second kappa shape index (κ2) is 7.35. The first kappa shape index (κ1) is 18.0. The zero-order valence-electron chi connectivity index (χ0n) is 15.6. The molecule has 4 rings (SSSR count). The first-order valence-electron chi connectivity index (χ1n) is 9.40. The van der Waals surface area contributed by atoms with Gasteiger partial charge in [0.1, 0.15) is 5.75 Å². The molecule has 3 aromatic rings. The maximum absolute atomic E-state index is 12.6. The van der Waals surface area contributed by atoms with Gasteiger partial charge in [-0.15, -0.1) is 0 Å². The normalized spacial score (nSPS) is 15.5. The Kier molecular flexibility index (Phi) is 4.74. The van der Waals surface area contributed by atoms with Crippen molar-refractivity contribution < 1.29 is 14.3 Å². The van der Waals surface area contributed by atoms with E-state index in [-0.39, 0.29) is 5.91 Å². The van der Waals surface area contributed by atoms with Gasteiger partial charge in [-0.3, -0.25) is 20.4 Å². The smallest absolute Gasteiger partial charge is 0.279 e. The average molecular weight is 374 g/mol. The number of carbonyl (C=O) groups excluding carboxylic acids is 2. The minimum Gasteiger partial charge on any atom is -0.481 e. The van der Waals surface area contributed by atoms with Crippen LogP contribution >= 0.6 is 0 Å². The van der Waals surface area contributed by atoms with Crippen LogP contribution < -0.4 is 15.6 Å². The predicted octanol–water partition coefficient (Wildman–Crippen LogP) is 3.49. The lowest BCUT2D eigenvalue weighted by Gasteiger charge is -2.18. The molecule has 2 amide bonds. The van der Waals surface area contributed by atoms with Crippen molar-refractivity contribution in [2.75, 3.05) is 0 Å². The van der Waals surface area contributed by atoms with E-state index in [4.69, 9.17) is 4.74 Å². The molecule has 1 fully saturated rings. The number of rotatable bonds is 5. The summed E-state index contributed by atoms with van der Waals surface area (Å²) in [4.78, 5) is 24.9. The maximum Gasteiger partial charge on any atom is 0.279 e. The van der Waals surface area contributed by atoms with E-state index in [9.17, 15) is 9.59 Å². The van der Waals surface area contributed by atoms with Gasteiger partial charge in [0.25, 0.3) is 5.91 Å². The minimum absolute atomic E-state index is 0.190. The van der Waals surface area contributed by atoms with Crippen LogP contribution in [0.15, 0.2) is 72.8 Å². The van der Waals surface area contributed by atoms with Crippen LogP contribution in [0.4, 0.5) is 0 Å². The highest BCUT2D eigenvalue weighted by Gasteiger charge is 2.51. The molecular weight excluding hydrogens is 352 g/mol. The van der Waals surface area contributed by atoms with Crippen molar-refractivity contribution in [2.45, 2.75) is 31.3 Å². The highest BCUT2D eigenvalue weighted by atomic mass is 16.5. The van der Waals surface area contributed by atoms with Crippen molar-refractivity contribution in [2.24, 2.45) is 0 Å². The fraction of sp³-hybridized carbons (Fsp3) is 0.217. The molecule has 0 bridgehead atoms. The van der Waals surface area contributed by atoms with Crippen LogP contribution in [0.5, 0.6) is 5.75 Å². The largest absolute Gasteiger partial charge is 0.481 e. The number of hydrogen-bond acceptors (Lipinski definition) is 3. The fourth-order valence-corrected chi connectivity index (χ4v) is 3.37. The van der Waals surface area contributed by atoms with Crippen LogP contribution in [0.2, 0.25) is 0 Å². The third-order valence-electron chi connectivity index (χ3n) is 5.21. The Hall–Kier alpha value is -3.34. The molecule has 0 aromatic heterocycles. The molecule has 5 heteroatoms. The zero-order chi connectivity index (χ0) is 19.6. The lowest BCUT2D eigenvalue weighted by atomic mass is 9.95. The van der Waals surface area contributed by atoms with Gasteiger partial charge in [-0.2, -0.15) is 0 Å². The second-order valence-electron chi connectivity index (χ2n) is 7.16. The third kappa shape index (κ3) is 3.56.